The van der Waals surface area contributed by atoms with E-state index in [1.54, 1.807) is 0 Å². The van der Waals surface area contributed by atoms with E-state index in [1.807, 2.05) is 4.90 Å². The highest BCUT2D eigenvalue weighted by Crippen LogP contribution is 2.42. The Morgan fingerprint density at radius 2 is 1.84 bits per heavy atom. The summed E-state index contributed by atoms with van der Waals surface area (Å²) in [4.78, 5) is 25.9. The van der Waals surface area contributed by atoms with Crippen molar-refractivity contribution < 1.29 is 14.7 Å². The number of amides is 1. The first-order chi connectivity index (χ1) is 9.05. The first-order valence-corrected chi connectivity index (χ1v) is 7.58. The number of carboxylic acids is 1. The van der Waals surface area contributed by atoms with Crippen molar-refractivity contribution in [3.63, 3.8) is 0 Å². The Morgan fingerprint density at radius 3 is 2.47 bits per heavy atom. The van der Waals surface area contributed by atoms with Gasteiger partial charge in [0.1, 0.15) is 0 Å². The smallest absolute Gasteiger partial charge is 0.310 e. The first-order valence-electron chi connectivity index (χ1n) is 7.58. The molecule has 0 bridgehead atoms. The maximum atomic E-state index is 12.5. The molecule has 2 rings (SSSR count). The summed E-state index contributed by atoms with van der Waals surface area (Å²) in [5.41, 5.74) is -0.775. The van der Waals surface area contributed by atoms with Crippen LogP contribution in [0.15, 0.2) is 0 Å². The fraction of sp³-hybridized carbons (Fsp3) is 0.867. The van der Waals surface area contributed by atoms with Gasteiger partial charge in [-0.25, -0.2) is 0 Å². The van der Waals surface area contributed by atoms with Gasteiger partial charge in [0, 0.05) is 19.0 Å². The van der Waals surface area contributed by atoms with Crippen LogP contribution in [0.3, 0.4) is 0 Å². The van der Waals surface area contributed by atoms with Gasteiger partial charge in [-0.05, 0) is 32.6 Å². The first kappa shape index (κ1) is 14.4. The van der Waals surface area contributed by atoms with E-state index < -0.39 is 11.4 Å². The normalized spacial score (nSPS) is 27.0. The summed E-state index contributed by atoms with van der Waals surface area (Å²) in [6.45, 7) is 2.89. The lowest BCUT2D eigenvalue weighted by molar-refractivity contribution is -0.154. The van der Waals surface area contributed by atoms with E-state index in [9.17, 15) is 14.7 Å². The van der Waals surface area contributed by atoms with Crippen molar-refractivity contribution in [3.8, 4) is 0 Å². The van der Waals surface area contributed by atoms with Gasteiger partial charge in [-0.15, -0.1) is 0 Å². The lowest BCUT2D eigenvalue weighted by atomic mass is 9.82. The van der Waals surface area contributed by atoms with Gasteiger partial charge >= 0.3 is 5.97 Å². The number of aliphatic carboxylic acids is 1. The molecule has 1 unspecified atom stereocenters. The van der Waals surface area contributed by atoms with E-state index in [4.69, 9.17) is 0 Å². The van der Waals surface area contributed by atoms with E-state index >= 15 is 0 Å². The van der Waals surface area contributed by atoms with E-state index in [0.717, 1.165) is 32.2 Å². The molecule has 2 fully saturated rings. The topological polar surface area (TPSA) is 57.6 Å². The second kappa shape index (κ2) is 5.93. The molecule has 4 nitrogen and oxygen atoms in total. The van der Waals surface area contributed by atoms with Crippen LogP contribution in [0.25, 0.3) is 0 Å². The van der Waals surface area contributed by atoms with Crippen LogP contribution < -0.4 is 0 Å². The highest BCUT2D eigenvalue weighted by Gasteiger charge is 2.44. The zero-order chi connectivity index (χ0) is 13.9. The molecule has 108 valence electrons. The quantitative estimate of drug-likeness (QED) is 0.855. The number of nitrogens with zero attached hydrogens (tertiary/aromatic N) is 1. The summed E-state index contributed by atoms with van der Waals surface area (Å²) in [6.07, 6.45) is 7.86. The third-order valence-corrected chi connectivity index (χ3v) is 4.88. The van der Waals surface area contributed by atoms with Crippen LogP contribution >= 0.6 is 0 Å². The molecule has 0 aromatic heterocycles. The standard InChI is InChI=1S/C15H25NO3/c1-12-7-3-2-6-10-16(12)13(17)11-15(14(18)19)8-4-5-9-15/h12H,2-11H2,1H3,(H,18,19). The van der Waals surface area contributed by atoms with Crippen molar-refractivity contribution in [1.82, 2.24) is 4.90 Å². The van der Waals surface area contributed by atoms with Crippen molar-refractivity contribution in [2.45, 2.75) is 70.8 Å². The number of hydrogen-bond acceptors (Lipinski definition) is 2. The molecule has 0 aromatic carbocycles. The van der Waals surface area contributed by atoms with Crippen LogP contribution in [0.1, 0.15) is 64.7 Å². The van der Waals surface area contributed by atoms with Gasteiger partial charge in [-0.2, -0.15) is 0 Å². The van der Waals surface area contributed by atoms with Crippen molar-refractivity contribution >= 4 is 11.9 Å². The number of carboxylic acid groups (broad SMARTS) is 1. The minimum Gasteiger partial charge on any atom is -0.481 e. The van der Waals surface area contributed by atoms with E-state index in [2.05, 4.69) is 6.92 Å². The Labute approximate surface area is 115 Å². The minimum absolute atomic E-state index is 0.0544. The molecule has 0 radical (unpaired) electrons. The van der Waals surface area contributed by atoms with Gasteiger partial charge in [0.2, 0.25) is 5.91 Å². The van der Waals surface area contributed by atoms with Crippen LogP contribution in [0.2, 0.25) is 0 Å². The van der Waals surface area contributed by atoms with Crippen LogP contribution in [-0.4, -0.2) is 34.5 Å². The summed E-state index contributed by atoms with van der Waals surface area (Å²) in [6, 6.07) is 0.266. The number of carbonyl (C=O) groups excluding carboxylic acids is 1. The van der Waals surface area contributed by atoms with Gasteiger partial charge < -0.3 is 10.0 Å². The summed E-state index contributed by atoms with van der Waals surface area (Å²) < 4.78 is 0. The maximum absolute atomic E-state index is 12.5. The summed E-state index contributed by atoms with van der Waals surface area (Å²) >= 11 is 0. The Hall–Kier alpha value is -1.06. The number of carbonyl (C=O) groups is 2. The van der Waals surface area contributed by atoms with E-state index in [-0.39, 0.29) is 18.4 Å². The van der Waals surface area contributed by atoms with Gasteiger partial charge in [0.25, 0.3) is 0 Å². The predicted molar refractivity (Wildman–Crippen MR) is 72.8 cm³/mol. The molecule has 1 atom stereocenters. The molecular formula is C15H25NO3. The largest absolute Gasteiger partial charge is 0.481 e. The maximum Gasteiger partial charge on any atom is 0.310 e. The van der Waals surface area contributed by atoms with E-state index in [1.165, 1.54) is 12.8 Å². The minimum atomic E-state index is -0.777. The predicted octanol–water partition coefficient (Wildman–Crippen LogP) is 2.81. The fourth-order valence-corrected chi connectivity index (χ4v) is 3.55. The molecule has 1 aliphatic carbocycles. The molecule has 1 amide bonds. The highest BCUT2D eigenvalue weighted by molar-refractivity contribution is 5.85. The van der Waals surface area contributed by atoms with Gasteiger partial charge in [0.15, 0.2) is 0 Å². The average molecular weight is 267 g/mol. The molecule has 2 aliphatic rings. The summed E-state index contributed by atoms with van der Waals surface area (Å²) in [5.74, 6) is -0.723. The van der Waals surface area contributed by atoms with Gasteiger partial charge in [-0.1, -0.05) is 25.7 Å². The Balaban J connectivity index is 2.04. The lowest BCUT2D eigenvalue weighted by Crippen LogP contribution is -2.42. The lowest BCUT2D eigenvalue weighted by Gasteiger charge is -2.31. The molecule has 19 heavy (non-hydrogen) atoms. The molecule has 0 aromatic rings. The average Bonchev–Trinajstić information content (AvgIpc) is 2.72. The Bertz CT molecular complexity index is 347. The van der Waals surface area contributed by atoms with Crippen LogP contribution in [-0.2, 0) is 9.59 Å². The molecule has 1 aliphatic heterocycles. The number of rotatable bonds is 3. The summed E-state index contributed by atoms with van der Waals surface area (Å²) in [7, 11) is 0. The van der Waals surface area contributed by atoms with Crippen molar-refractivity contribution in [2.75, 3.05) is 6.54 Å². The third-order valence-electron chi connectivity index (χ3n) is 4.88. The zero-order valence-corrected chi connectivity index (χ0v) is 11.9. The van der Waals surface area contributed by atoms with Gasteiger partial charge in [-0.3, -0.25) is 9.59 Å². The van der Waals surface area contributed by atoms with Crippen LogP contribution in [0.5, 0.6) is 0 Å². The molecule has 1 saturated heterocycles. The van der Waals surface area contributed by atoms with Crippen LogP contribution in [0.4, 0.5) is 0 Å². The summed E-state index contributed by atoms with van der Waals surface area (Å²) in [5, 5.41) is 9.46. The highest BCUT2D eigenvalue weighted by atomic mass is 16.4. The second-order valence-electron chi connectivity index (χ2n) is 6.25. The zero-order valence-electron chi connectivity index (χ0n) is 11.9. The Morgan fingerprint density at radius 1 is 1.16 bits per heavy atom. The monoisotopic (exact) mass is 267 g/mol. The number of likely N-dealkylation sites (tertiary alicyclic amines) is 1. The molecule has 1 N–H and O–H groups in total. The molecule has 0 spiro atoms. The molecule has 1 heterocycles. The van der Waals surface area contributed by atoms with Gasteiger partial charge in [0.05, 0.1) is 5.41 Å². The molecular weight excluding hydrogens is 242 g/mol. The number of hydrogen-bond donors (Lipinski definition) is 1. The van der Waals surface area contributed by atoms with E-state index in [0.29, 0.717) is 12.8 Å². The van der Waals surface area contributed by atoms with Crippen molar-refractivity contribution in [2.24, 2.45) is 5.41 Å². The Kier molecular flexibility index (Phi) is 4.48. The third kappa shape index (κ3) is 3.10. The SMILES string of the molecule is CC1CCCCCN1C(=O)CC1(C(=O)O)CCCC1. The van der Waals surface area contributed by atoms with Crippen molar-refractivity contribution in [1.29, 1.82) is 0 Å². The molecule has 4 heteroatoms. The van der Waals surface area contributed by atoms with Crippen molar-refractivity contribution in [3.05, 3.63) is 0 Å². The molecule has 1 saturated carbocycles. The second-order valence-corrected chi connectivity index (χ2v) is 6.25. The van der Waals surface area contributed by atoms with Crippen LogP contribution in [0, 0.1) is 5.41 Å². The fourth-order valence-electron chi connectivity index (χ4n) is 3.55.